The van der Waals surface area contributed by atoms with Crippen molar-refractivity contribution >= 4 is 6.29 Å². The fourth-order valence-electron chi connectivity index (χ4n) is 1.85. The topological polar surface area (TPSA) is 55.8 Å². The number of carbonyl (C=O) groups is 1. The highest BCUT2D eigenvalue weighted by atomic mass is 16.5. The summed E-state index contributed by atoms with van der Waals surface area (Å²) in [4.78, 5) is 10.9. The summed E-state index contributed by atoms with van der Waals surface area (Å²) in [6, 6.07) is 10.3. The molecule has 0 aromatic heterocycles. The van der Waals surface area contributed by atoms with Crippen molar-refractivity contribution in [2.75, 3.05) is 14.2 Å². The largest absolute Gasteiger partial charge is 0.507 e. The zero-order valence-electron chi connectivity index (χ0n) is 10.7. The highest BCUT2D eigenvalue weighted by molar-refractivity contribution is 5.84. The van der Waals surface area contributed by atoms with Gasteiger partial charge in [-0.05, 0) is 29.8 Å². The lowest BCUT2D eigenvalue weighted by atomic mass is 10.0. The maximum atomic E-state index is 10.9. The van der Waals surface area contributed by atoms with Crippen LogP contribution in [0.4, 0.5) is 0 Å². The Hall–Kier alpha value is -2.49. The molecule has 0 saturated carbocycles. The van der Waals surface area contributed by atoms with Gasteiger partial charge in [-0.15, -0.1) is 0 Å². The molecule has 4 heteroatoms. The molecule has 1 N–H and O–H groups in total. The predicted octanol–water partition coefficient (Wildman–Crippen LogP) is 2.89. The van der Waals surface area contributed by atoms with Gasteiger partial charge in [0.15, 0.2) is 6.29 Å². The number of methoxy groups -OCH3 is 2. The van der Waals surface area contributed by atoms with E-state index in [4.69, 9.17) is 9.47 Å². The van der Waals surface area contributed by atoms with Crippen LogP contribution in [0, 0.1) is 0 Å². The third-order valence-corrected chi connectivity index (χ3v) is 2.87. The molecule has 0 atom stereocenters. The van der Waals surface area contributed by atoms with Gasteiger partial charge >= 0.3 is 0 Å². The van der Waals surface area contributed by atoms with Gasteiger partial charge in [0.2, 0.25) is 0 Å². The van der Waals surface area contributed by atoms with E-state index < -0.39 is 0 Å². The van der Waals surface area contributed by atoms with Crippen LogP contribution in [0.1, 0.15) is 10.4 Å². The average Bonchev–Trinajstić information content (AvgIpc) is 2.47. The van der Waals surface area contributed by atoms with Crippen molar-refractivity contribution in [2.24, 2.45) is 0 Å². The molecule has 4 nitrogen and oxygen atoms in total. The van der Waals surface area contributed by atoms with Crippen LogP contribution in [0.15, 0.2) is 36.4 Å². The molecule has 2 aromatic carbocycles. The normalized spacial score (nSPS) is 10.0. The lowest BCUT2D eigenvalue weighted by Gasteiger charge is -2.11. The Morgan fingerprint density at radius 3 is 2.47 bits per heavy atom. The van der Waals surface area contributed by atoms with Gasteiger partial charge in [0.1, 0.15) is 17.2 Å². The van der Waals surface area contributed by atoms with E-state index in [1.165, 1.54) is 6.07 Å². The number of aldehydes is 1. The Morgan fingerprint density at radius 2 is 1.84 bits per heavy atom. The summed E-state index contributed by atoms with van der Waals surface area (Å²) in [5.41, 5.74) is 1.86. The van der Waals surface area contributed by atoms with Crippen LogP contribution in [0.5, 0.6) is 17.2 Å². The minimum atomic E-state index is -0.0359. The molecule has 0 amide bonds. The van der Waals surface area contributed by atoms with Crippen molar-refractivity contribution in [1.82, 2.24) is 0 Å². The van der Waals surface area contributed by atoms with Crippen LogP contribution in [0.3, 0.4) is 0 Å². The van der Waals surface area contributed by atoms with E-state index in [2.05, 4.69) is 0 Å². The van der Waals surface area contributed by atoms with E-state index in [1.54, 1.807) is 32.4 Å². The summed E-state index contributed by atoms with van der Waals surface area (Å²) in [5, 5.41) is 9.51. The predicted molar refractivity (Wildman–Crippen MR) is 72.0 cm³/mol. The van der Waals surface area contributed by atoms with E-state index in [0.717, 1.165) is 11.1 Å². The molecule has 98 valence electrons. The van der Waals surface area contributed by atoms with Gasteiger partial charge in [0.25, 0.3) is 0 Å². The van der Waals surface area contributed by atoms with Gasteiger partial charge < -0.3 is 14.6 Å². The van der Waals surface area contributed by atoms with Crippen molar-refractivity contribution in [3.05, 3.63) is 42.0 Å². The number of phenols is 1. The molecule has 0 bridgehead atoms. The van der Waals surface area contributed by atoms with Crippen LogP contribution < -0.4 is 9.47 Å². The number of ether oxygens (including phenoxy) is 2. The van der Waals surface area contributed by atoms with Crippen molar-refractivity contribution in [1.29, 1.82) is 0 Å². The number of benzene rings is 2. The third-order valence-electron chi connectivity index (χ3n) is 2.87. The fourth-order valence-corrected chi connectivity index (χ4v) is 1.85. The molecule has 19 heavy (non-hydrogen) atoms. The molecule has 0 saturated heterocycles. The summed E-state index contributed by atoms with van der Waals surface area (Å²) in [5.74, 6) is 1.29. The molecule has 2 rings (SSSR count). The molecule has 0 aliphatic rings. The maximum absolute atomic E-state index is 10.9. The maximum Gasteiger partial charge on any atom is 0.153 e. The fraction of sp³-hybridized carbons (Fsp3) is 0.133. The van der Waals surface area contributed by atoms with Crippen molar-refractivity contribution in [3.63, 3.8) is 0 Å². The highest BCUT2D eigenvalue weighted by Crippen LogP contribution is 2.34. The molecule has 0 unspecified atom stereocenters. The summed E-state index contributed by atoms with van der Waals surface area (Å²) in [6.07, 6.45) is 0.620. The van der Waals surface area contributed by atoms with E-state index in [-0.39, 0.29) is 11.3 Å². The first-order chi connectivity index (χ1) is 9.19. The van der Waals surface area contributed by atoms with Crippen LogP contribution in [0.25, 0.3) is 11.1 Å². The van der Waals surface area contributed by atoms with Gasteiger partial charge in [0, 0.05) is 11.6 Å². The third kappa shape index (κ3) is 2.52. The molecule has 0 aliphatic carbocycles. The molecule has 2 aromatic rings. The molecule has 0 heterocycles. The van der Waals surface area contributed by atoms with Crippen LogP contribution in [-0.4, -0.2) is 25.6 Å². The first-order valence-electron chi connectivity index (χ1n) is 5.70. The number of phenolic OH excluding ortho intramolecular Hbond substituents is 1. The average molecular weight is 258 g/mol. The minimum Gasteiger partial charge on any atom is -0.507 e. The van der Waals surface area contributed by atoms with Crippen LogP contribution in [0.2, 0.25) is 0 Å². The summed E-state index contributed by atoms with van der Waals surface area (Å²) >= 11 is 0. The van der Waals surface area contributed by atoms with Crippen LogP contribution in [-0.2, 0) is 0 Å². The van der Waals surface area contributed by atoms with E-state index in [0.29, 0.717) is 17.8 Å². The van der Waals surface area contributed by atoms with Gasteiger partial charge in [-0.3, -0.25) is 4.79 Å². The lowest BCUT2D eigenvalue weighted by Crippen LogP contribution is -1.91. The van der Waals surface area contributed by atoms with E-state index >= 15 is 0 Å². The molecular weight excluding hydrogens is 244 g/mol. The van der Waals surface area contributed by atoms with Crippen molar-refractivity contribution in [3.8, 4) is 28.4 Å². The van der Waals surface area contributed by atoms with Crippen LogP contribution >= 0.6 is 0 Å². The Bertz CT molecular complexity index is 605. The first kappa shape index (κ1) is 13.0. The first-order valence-corrected chi connectivity index (χ1v) is 5.70. The Labute approximate surface area is 111 Å². The number of hydrogen-bond acceptors (Lipinski definition) is 4. The quantitative estimate of drug-likeness (QED) is 0.857. The Kier molecular flexibility index (Phi) is 3.71. The smallest absolute Gasteiger partial charge is 0.153 e. The van der Waals surface area contributed by atoms with E-state index in [1.807, 2.05) is 12.1 Å². The highest BCUT2D eigenvalue weighted by Gasteiger charge is 2.09. The zero-order chi connectivity index (χ0) is 13.8. The second-order valence-corrected chi connectivity index (χ2v) is 3.96. The van der Waals surface area contributed by atoms with Crippen molar-refractivity contribution in [2.45, 2.75) is 0 Å². The van der Waals surface area contributed by atoms with Crippen molar-refractivity contribution < 1.29 is 19.4 Å². The zero-order valence-corrected chi connectivity index (χ0v) is 10.7. The number of hydrogen-bond donors (Lipinski definition) is 1. The second-order valence-electron chi connectivity index (χ2n) is 3.96. The molecule has 0 spiro atoms. The van der Waals surface area contributed by atoms with E-state index in [9.17, 15) is 9.90 Å². The monoisotopic (exact) mass is 258 g/mol. The molecule has 0 radical (unpaired) electrons. The number of carbonyl (C=O) groups excluding carboxylic acids is 1. The van der Waals surface area contributed by atoms with Gasteiger partial charge in [-0.2, -0.15) is 0 Å². The Morgan fingerprint density at radius 1 is 1.05 bits per heavy atom. The molecule has 0 aliphatic heterocycles. The summed E-state index contributed by atoms with van der Waals surface area (Å²) in [7, 11) is 3.15. The SMILES string of the molecule is COc1ccc(-c2ccc(O)c(C=O)c2)c(OC)c1. The number of rotatable bonds is 4. The van der Waals surface area contributed by atoms with Gasteiger partial charge in [-0.1, -0.05) is 6.07 Å². The second kappa shape index (κ2) is 5.44. The van der Waals surface area contributed by atoms with Gasteiger partial charge in [-0.25, -0.2) is 0 Å². The molecular formula is C15H14O4. The summed E-state index contributed by atoms with van der Waals surface area (Å²) < 4.78 is 10.5. The number of aromatic hydroxyl groups is 1. The standard InChI is InChI=1S/C15H14O4/c1-18-12-4-5-13(15(8-12)19-2)10-3-6-14(17)11(7-10)9-16/h3-9,17H,1-2H3. The van der Waals surface area contributed by atoms with Gasteiger partial charge in [0.05, 0.1) is 19.8 Å². The molecule has 0 fully saturated rings. The Balaban J connectivity index is 2.55. The lowest BCUT2D eigenvalue weighted by molar-refractivity contribution is 0.112. The summed E-state index contributed by atoms with van der Waals surface area (Å²) in [6.45, 7) is 0. The minimum absolute atomic E-state index is 0.0359.